The zero-order chi connectivity index (χ0) is 11.7. The Labute approximate surface area is 95.8 Å². The van der Waals surface area contributed by atoms with E-state index in [-0.39, 0.29) is 17.8 Å². The summed E-state index contributed by atoms with van der Waals surface area (Å²) in [5, 5.41) is 8.61. The summed E-state index contributed by atoms with van der Waals surface area (Å²) in [5.41, 5.74) is 1.92. The van der Waals surface area contributed by atoms with Crippen molar-refractivity contribution in [1.29, 1.82) is 0 Å². The van der Waals surface area contributed by atoms with Crippen LogP contribution in [-0.2, 0) is 11.3 Å². The summed E-state index contributed by atoms with van der Waals surface area (Å²) in [6, 6.07) is 5.73. The highest BCUT2D eigenvalue weighted by Crippen LogP contribution is 2.18. The summed E-state index contributed by atoms with van der Waals surface area (Å²) < 4.78 is 2.43. The predicted molar refractivity (Wildman–Crippen MR) is 63.1 cm³/mol. The summed E-state index contributed by atoms with van der Waals surface area (Å²) in [6.07, 6.45) is -0.0282. The lowest BCUT2D eigenvalue weighted by Gasteiger charge is -2.00. The van der Waals surface area contributed by atoms with E-state index >= 15 is 0 Å². The molecule has 0 unspecified atom stereocenters. The molecule has 0 fully saturated rings. The number of carboxylic acids is 1. The smallest absolute Gasteiger partial charge is 0.308 e. The Morgan fingerprint density at radius 2 is 2.25 bits per heavy atom. The fourth-order valence-corrected chi connectivity index (χ4v) is 2.61. The number of nitrogens with zero attached hydrogens (tertiary/aromatic N) is 1. The van der Waals surface area contributed by atoms with E-state index in [9.17, 15) is 9.59 Å². The highest BCUT2D eigenvalue weighted by Gasteiger charge is 2.08. The summed E-state index contributed by atoms with van der Waals surface area (Å²) in [6.45, 7) is 2.20. The van der Waals surface area contributed by atoms with Gasteiger partial charge in [0.2, 0.25) is 0 Å². The van der Waals surface area contributed by atoms with Gasteiger partial charge in [0.1, 0.15) is 0 Å². The number of benzene rings is 1. The van der Waals surface area contributed by atoms with Gasteiger partial charge in [-0.2, -0.15) is 0 Å². The molecule has 0 atom stereocenters. The first-order valence-electron chi connectivity index (χ1n) is 4.90. The number of hydrogen-bond donors (Lipinski definition) is 1. The summed E-state index contributed by atoms with van der Waals surface area (Å²) in [4.78, 5) is 22.0. The molecule has 0 spiro atoms. The standard InChI is InChI=1S/C11H11NO3S/c1-7-2-3-8-9(6-7)16-11(15)12(8)5-4-10(13)14/h2-3,6H,4-5H2,1H3,(H,13,14). The third-order valence-electron chi connectivity index (χ3n) is 2.37. The molecule has 1 aromatic heterocycles. The van der Waals surface area contributed by atoms with E-state index in [1.807, 2.05) is 25.1 Å². The van der Waals surface area contributed by atoms with Crippen LogP contribution in [0.3, 0.4) is 0 Å². The van der Waals surface area contributed by atoms with Crippen molar-refractivity contribution in [3.63, 3.8) is 0 Å². The third-order valence-corrected chi connectivity index (χ3v) is 3.31. The second-order valence-electron chi connectivity index (χ2n) is 3.63. The molecule has 2 rings (SSSR count). The fourth-order valence-electron chi connectivity index (χ4n) is 1.59. The second-order valence-corrected chi connectivity index (χ2v) is 4.63. The molecule has 0 aliphatic heterocycles. The van der Waals surface area contributed by atoms with E-state index in [0.717, 1.165) is 27.1 Å². The molecule has 0 bridgehead atoms. The molecule has 0 aliphatic carbocycles. The van der Waals surface area contributed by atoms with Gasteiger partial charge in [-0.15, -0.1) is 0 Å². The van der Waals surface area contributed by atoms with Crippen LogP contribution in [0.25, 0.3) is 10.2 Å². The Hall–Kier alpha value is -1.62. The molecule has 0 saturated carbocycles. The average molecular weight is 237 g/mol. The van der Waals surface area contributed by atoms with Crippen LogP contribution in [0.5, 0.6) is 0 Å². The largest absolute Gasteiger partial charge is 0.481 e. The molecule has 0 saturated heterocycles. The van der Waals surface area contributed by atoms with Crippen molar-refractivity contribution in [2.75, 3.05) is 0 Å². The highest BCUT2D eigenvalue weighted by atomic mass is 32.1. The van der Waals surface area contributed by atoms with E-state index in [1.165, 1.54) is 4.57 Å². The lowest BCUT2D eigenvalue weighted by Crippen LogP contribution is -2.15. The molecule has 4 nitrogen and oxygen atoms in total. The van der Waals surface area contributed by atoms with Crippen molar-refractivity contribution in [2.45, 2.75) is 19.9 Å². The Kier molecular flexibility index (Phi) is 2.78. The Morgan fingerprint density at radius 1 is 1.50 bits per heavy atom. The maximum atomic E-state index is 11.7. The first-order chi connectivity index (χ1) is 7.58. The van der Waals surface area contributed by atoms with Crippen molar-refractivity contribution < 1.29 is 9.90 Å². The number of fused-ring (bicyclic) bond motifs is 1. The van der Waals surface area contributed by atoms with Crippen molar-refractivity contribution in [3.05, 3.63) is 33.4 Å². The van der Waals surface area contributed by atoms with E-state index in [0.29, 0.717) is 0 Å². The molecule has 2 aromatic rings. The monoisotopic (exact) mass is 237 g/mol. The van der Waals surface area contributed by atoms with Crippen molar-refractivity contribution in [3.8, 4) is 0 Å². The lowest BCUT2D eigenvalue weighted by molar-refractivity contribution is -0.137. The van der Waals surface area contributed by atoms with Gasteiger partial charge >= 0.3 is 10.8 Å². The maximum absolute atomic E-state index is 11.7. The molecule has 1 heterocycles. The Bertz CT molecular complexity index is 597. The van der Waals surface area contributed by atoms with Gasteiger partial charge < -0.3 is 5.11 Å². The second kappa shape index (κ2) is 4.09. The van der Waals surface area contributed by atoms with E-state index in [1.54, 1.807) is 0 Å². The molecule has 1 aromatic carbocycles. The third kappa shape index (κ3) is 1.99. The van der Waals surface area contributed by atoms with Gasteiger partial charge in [0.25, 0.3) is 0 Å². The first kappa shape index (κ1) is 10.9. The van der Waals surface area contributed by atoms with Crippen LogP contribution in [0.4, 0.5) is 0 Å². The maximum Gasteiger partial charge on any atom is 0.308 e. The minimum Gasteiger partial charge on any atom is -0.481 e. The normalized spacial score (nSPS) is 10.8. The van der Waals surface area contributed by atoms with Gasteiger partial charge in [0, 0.05) is 6.54 Å². The Morgan fingerprint density at radius 3 is 2.94 bits per heavy atom. The summed E-state index contributed by atoms with van der Waals surface area (Å²) >= 11 is 1.16. The van der Waals surface area contributed by atoms with E-state index in [4.69, 9.17) is 5.11 Å². The fraction of sp³-hybridized carbons (Fsp3) is 0.273. The number of carboxylic acid groups (broad SMARTS) is 1. The summed E-state index contributed by atoms with van der Waals surface area (Å²) in [7, 11) is 0. The van der Waals surface area contributed by atoms with Crippen LogP contribution < -0.4 is 4.87 Å². The number of aliphatic carboxylic acids is 1. The van der Waals surface area contributed by atoms with Crippen LogP contribution in [0.15, 0.2) is 23.0 Å². The molecule has 16 heavy (non-hydrogen) atoms. The minimum absolute atomic E-state index is 0.0282. The van der Waals surface area contributed by atoms with Crippen molar-refractivity contribution >= 4 is 27.5 Å². The number of thiazole rings is 1. The number of hydrogen-bond acceptors (Lipinski definition) is 3. The molecular formula is C11H11NO3S. The number of rotatable bonds is 3. The number of aromatic nitrogens is 1. The Balaban J connectivity index is 2.48. The predicted octanol–water partition coefficient (Wildman–Crippen LogP) is 1.85. The molecule has 0 amide bonds. The number of carbonyl (C=O) groups is 1. The van der Waals surface area contributed by atoms with Crippen molar-refractivity contribution in [1.82, 2.24) is 4.57 Å². The van der Waals surface area contributed by atoms with Crippen molar-refractivity contribution in [2.24, 2.45) is 0 Å². The first-order valence-corrected chi connectivity index (χ1v) is 5.71. The number of aryl methyl sites for hydroxylation is 2. The average Bonchev–Trinajstić information content (AvgIpc) is 2.50. The summed E-state index contributed by atoms with van der Waals surface area (Å²) in [5.74, 6) is -0.890. The molecular weight excluding hydrogens is 226 g/mol. The minimum atomic E-state index is -0.890. The van der Waals surface area contributed by atoms with Gasteiger partial charge in [-0.05, 0) is 24.6 Å². The zero-order valence-electron chi connectivity index (χ0n) is 8.77. The quantitative estimate of drug-likeness (QED) is 0.886. The molecule has 1 N–H and O–H groups in total. The lowest BCUT2D eigenvalue weighted by atomic mass is 10.2. The van der Waals surface area contributed by atoms with Gasteiger partial charge in [-0.25, -0.2) is 0 Å². The highest BCUT2D eigenvalue weighted by molar-refractivity contribution is 7.16. The van der Waals surface area contributed by atoms with Gasteiger partial charge in [0.05, 0.1) is 16.6 Å². The zero-order valence-corrected chi connectivity index (χ0v) is 9.58. The van der Waals surface area contributed by atoms with E-state index < -0.39 is 5.97 Å². The van der Waals surface area contributed by atoms with Gasteiger partial charge in [0.15, 0.2) is 0 Å². The molecule has 5 heteroatoms. The van der Waals surface area contributed by atoms with Crippen LogP contribution in [-0.4, -0.2) is 15.6 Å². The van der Waals surface area contributed by atoms with Crippen LogP contribution in [0.2, 0.25) is 0 Å². The van der Waals surface area contributed by atoms with Crippen LogP contribution in [0, 0.1) is 6.92 Å². The van der Waals surface area contributed by atoms with E-state index in [2.05, 4.69) is 0 Å². The van der Waals surface area contributed by atoms with Gasteiger partial charge in [-0.1, -0.05) is 17.4 Å². The van der Waals surface area contributed by atoms with Gasteiger partial charge in [-0.3, -0.25) is 14.2 Å². The molecule has 0 radical (unpaired) electrons. The molecule has 84 valence electrons. The molecule has 0 aliphatic rings. The van der Waals surface area contributed by atoms with Crippen LogP contribution >= 0.6 is 11.3 Å². The topological polar surface area (TPSA) is 59.3 Å². The van der Waals surface area contributed by atoms with Crippen LogP contribution in [0.1, 0.15) is 12.0 Å². The SMILES string of the molecule is Cc1ccc2c(c1)sc(=O)n2CCC(=O)O.